The van der Waals surface area contributed by atoms with Crippen LogP contribution in [0, 0.1) is 11.8 Å². The maximum atomic E-state index is 12.0. The molecule has 5 nitrogen and oxygen atoms in total. The standard InChI is InChI=1S/C14H28N2O3S/c1-5-16(12(4)11(2)3)9-14(17)15-8-13-6-7-20(18,19)10-13/h11-13H,5-10H2,1-4H3,(H,15,17)/t12-,13-/m1/s1. The first-order valence-corrected chi connectivity index (χ1v) is 9.28. The number of likely N-dealkylation sites (N-methyl/N-ethyl adjacent to an activating group) is 1. The van der Waals surface area contributed by atoms with E-state index in [4.69, 9.17) is 0 Å². The van der Waals surface area contributed by atoms with E-state index in [9.17, 15) is 13.2 Å². The monoisotopic (exact) mass is 304 g/mol. The minimum absolute atomic E-state index is 0.0105. The Balaban J connectivity index is 2.36. The van der Waals surface area contributed by atoms with E-state index < -0.39 is 9.84 Å². The molecule has 0 aliphatic carbocycles. The van der Waals surface area contributed by atoms with Gasteiger partial charge >= 0.3 is 0 Å². The molecule has 2 atom stereocenters. The predicted octanol–water partition coefficient (Wildman–Crippen LogP) is 0.904. The molecular weight excluding hydrogens is 276 g/mol. The van der Waals surface area contributed by atoms with Crippen molar-refractivity contribution in [3.63, 3.8) is 0 Å². The second-order valence-electron chi connectivity index (χ2n) is 6.12. The number of hydrogen-bond acceptors (Lipinski definition) is 4. The first kappa shape index (κ1) is 17.4. The van der Waals surface area contributed by atoms with Crippen molar-refractivity contribution in [1.29, 1.82) is 0 Å². The number of nitrogens with zero attached hydrogens (tertiary/aromatic N) is 1. The maximum Gasteiger partial charge on any atom is 0.234 e. The number of nitrogens with one attached hydrogen (secondary N) is 1. The van der Waals surface area contributed by atoms with Crippen LogP contribution in [-0.2, 0) is 14.6 Å². The van der Waals surface area contributed by atoms with Gasteiger partial charge in [0, 0.05) is 12.6 Å². The highest BCUT2D eigenvalue weighted by Gasteiger charge is 2.28. The van der Waals surface area contributed by atoms with Crippen molar-refractivity contribution in [2.45, 2.75) is 40.2 Å². The molecular formula is C14H28N2O3S. The number of hydrogen-bond donors (Lipinski definition) is 1. The molecule has 1 saturated heterocycles. The summed E-state index contributed by atoms with van der Waals surface area (Å²) in [5.74, 6) is 1.06. The highest BCUT2D eigenvalue weighted by molar-refractivity contribution is 7.91. The molecule has 118 valence electrons. The van der Waals surface area contributed by atoms with Gasteiger partial charge < -0.3 is 5.32 Å². The van der Waals surface area contributed by atoms with Crippen LogP contribution in [0.1, 0.15) is 34.1 Å². The fourth-order valence-electron chi connectivity index (χ4n) is 2.50. The fourth-order valence-corrected chi connectivity index (χ4v) is 4.36. The molecule has 0 aromatic carbocycles. The lowest BCUT2D eigenvalue weighted by Crippen LogP contribution is -2.44. The molecule has 6 heteroatoms. The number of sulfone groups is 1. The Bertz CT molecular complexity index is 420. The van der Waals surface area contributed by atoms with Crippen molar-refractivity contribution in [1.82, 2.24) is 10.2 Å². The molecule has 1 rings (SSSR count). The van der Waals surface area contributed by atoms with Crippen molar-refractivity contribution < 1.29 is 13.2 Å². The topological polar surface area (TPSA) is 66.5 Å². The smallest absolute Gasteiger partial charge is 0.234 e. The molecule has 1 N–H and O–H groups in total. The SMILES string of the molecule is CCN(CC(=O)NC[C@H]1CCS(=O)(=O)C1)[C@H](C)C(C)C. The van der Waals surface area contributed by atoms with Gasteiger partial charge in [0.1, 0.15) is 0 Å². The van der Waals surface area contributed by atoms with Gasteiger partial charge in [-0.15, -0.1) is 0 Å². The van der Waals surface area contributed by atoms with Gasteiger partial charge in [0.2, 0.25) is 5.91 Å². The molecule has 0 radical (unpaired) electrons. The second-order valence-corrected chi connectivity index (χ2v) is 8.35. The summed E-state index contributed by atoms with van der Waals surface area (Å²) in [6.07, 6.45) is 0.669. The zero-order valence-electron chi connectivity index (χ0n) is 13.1. The molecule has 0 saturated carbocycles. The number of rotatable bonds is 7. The molecule has 1 amide bonds. The van der Waals surface area contributed by atoms with E-state index in [1.807, 2.05) is 0 Å². The first-order chi connectivity index (χ1) is 9.25. The summed E-state index contributed by atoms with van der Waals surface area (Å²) in [6.45, 7) is 10.2. The zero-order valence-corrected chi connectivity index (χ0v) is 13.9. The Hall–Kier alpha value is -0.620. The van der Waals surface area contributed by atoms with Crippen LogP contribution in [0.5, 0.6) is 0 Å². The molecule has 1 heterocycles. The summed E-state index contributed by atoms with van der Waals surface area (Å²) in [7, 11) is -2.86. The highest BCUT2D eigenvalue weighted by atomic mass is 32.2. The normalized spacial score (nSPS) is 23.2. The van der Waals surface area contributed by atoms with Crippen molar-refractivity contribution >= 4 is 15.7 Å². The lowest BCUT2D eigenvalue weighted by atomic mass is 10.0. The van der Waals surface area contributed by atoms with Crippen molar-refractivity contribution in [2.75, 3.05) is 31.1 Å². The van der Waals surface area contributed by atoms with E-state index >= 15 is 0 Å². The summed E-state index contributed by atoms with van der Waals surface area (Å²) < 4.78 is 22.7. The van der Waals surface area contributed by atoms with Crippen LogP contribution in [0.3, 0.4) is 0 Å². The molecule has 0 unspecified atom stereocenters. The van der Waals surface area contributed by atoms with Crippen molar-refractivity contribution in [3.05, 3.63) is 0 Å². The number of amides is 1. The summed E-state index contributed by atoms with van der Waals surface area (Å²) in [5, 5.41) is 2.88. The summed E-state index contributed by atoms with van der Waals surface area (Å²) in [6, 6.07) is 0.359. The first-order valence-electron chi connectivity index (χ1n) is 7.46. The second kappa shape index (κ2) is 7.41. The third kappa shape index (κ3) is 5.40. The Labute approximate surface area is 123 Å². The van der Waals surface area contributed by atoms with Crippen molar-refractivity contribution in [2.24, 2.45) is 11.8 Å². The highest BCUT2D eigenvalue weighted by Crippen LogP contribution is 2.17. The third-order valence-electron chi connectivity index (χ3n) is 4.21. The number of carbonyl (C=O) groups excluding carboxylic acids is 1. The molecule has 0 aromatic rings. The van der Waals surface area contributed by atoms with E-state index in [2.05, 4.69) is 37.9 Å². The maximum absolute atomic E-state index is 12.0. The van der Waals surface area contributed by atoms with Crippen molar-refractivity contribution in [3.8, 4) is 0 Å². The van der Waals surface area contributed by atoms with Gasteiger partial charge in [-0.2, -0.15) is 0 Å². The van der Waals surface area contributed by atoms with E-state index in [0.717, 1.165) is 6.54 Å². The van der Waals surface area contributed by atoms with Crippen LogP contribution in [0.15, 0.2) is 0 Å². The Morgan fingerprint density at radius 3 is 2.45 bits per heavy atom. The average molecular weight is 304 g/mol. The molecule has 0 bridgehead atoms. The van der Waals surface area contributed by atoms with E-state index in [1.54, 1.807) is 0 Å². The zero-order chi connectivity index (χ0) is 15.3. The molecule has 1 fully saturated rings. The van der Waals surface area contributed by atoms with Gasteiger partial charge in [-0.05, 0) is 31.7 Å². The predicted molar refractivity (Wildman–Crippen MR) is 81.3 cm³/mol. The van der Waals surface area contributed by atoms with E-state index in [-0.39, 0.29) is 23.3 Å². The van der Waals surface area contributed by atoms with Crippen LogP contribution >= 0.6 is 0 Å². The van der Waals surface area contributed by atoms with E-state index in [0.29, 0.717) is 31.5 Å². The van der Waals surface area contributed by atoms with Crippen LogP contribution in [0.2, 0.25) is 0 Å². The van der Waals surface area contributed by atoms with Crippen LogP contribution in [0.4, 0.5) is 0 Å². The average Bonchev–Trinajstić information content (AvgIpc) is 2.72. The Kier molecular flexibility index (Phi) is 6.45. The van der Waals surface area contributed by atoms with Gasteiger partial charge in [-0.3, -0.25) is 9.69 Å². The molecule has 0 spiro atoms. The molecule has 1 aliphatic rings. The third-order valence-corrected chi connectivity index (χ3v) is 6.05. The van der Waals surface area contributed by atoms with Gasteiger partial charge in [0.25, 0.3) is 0 Å². The Morgan fingerprint density at radius 2 is 2.00 bits per heavy atom. The molecule has 1 aliphatic heterocycles. The van der Waals surface area contributed by atoms with Crippen LogP contribution in [0.25, 0.3) is 0 Å². The van der Waals surface area contributed by atoms with Gasteiger partial charge in [-0.1, -0.05) is 20.8 Å². The van der Waals surface area contributed by atoms with Gasteiger partial charge in [0.05, 0.1) is 18.1 Å². The minimum Gasteiger partial charge on any atom is -0.355 e. The summed E-state index contributed by atoms with van der Waals surface area (Å²) in [5.41, 5.74) is 0. The lowest BCUT2D eigenvalue weighted by molar-refractivity contribution is -0.123. The number of carbonyl (C=O) groups is 1. The van der Waals surface area contributed by atoms with Gasteiger partial charge in [0.15, 0.2) is 9.84 Å². The van der Waals surface area contributed by atoms with Crippen LogP contribution in [-0.4, -0.2) is 56.4 Å². The fraction of sp³-hybridized carbons (Fsp3) is 0.929. The quantitative estimate of drug-likeness (QED) is 0.759. The lowest BCUT2D eigenvalue weighted by Gasteiger charge is -2.30. The molecule has 0 aromatic heterocycles. The summed E-state index contributed by atoms with van der Waals surface area (Å²) in [4.78, 5) is 14.1. The van der Waals surface area contributed by atoms with E-state index in [1.165, 1.54) is 0 Å². The summed E-state index contributed by atoms with van der Waals surface area (Å²) >= 11 is 0. The molecule has 20 heavy (non-hydrogen) atoms. The Morgan fingerprint density at radius 1 is 1.35 bits per heavy atom. The largest absolute Gasteiger partial charge is 0.355 e. The van der Waals surface area contributed by atoms with Crippen LogP contribution < -0.4 is 5.32 Å². The minimum atomic E-state index is -2.86. The van der Waals surface area contributed by atoms with Gasteiger partial charge in [-0.25, -0.2) is 8.42 Å².